The third-order valence-corrected chi connectivity index (χ3v) is 7.26. The minimum atomic E-state index is -4.50. The predicted octanol–water partition coefficient (Wildman–Crippen LogP) is 4.30. The Morgan fingerprint density at radius 2 is 1.89 bits per heavy atom. The SMILES string of the molecule is C=CC(=O)N1CCCC1.FC(F)(F)c1cc(C2CNC2)cc2c1OCc1c(N3CCOCC3)ccnc1N2.[HH]. The van der Waals surface area contributed by atoms with Gasteiger partial charge < -0.3 is 29.9 Å². The highest BCUT2D eigenvalue weighted by Gasteiger charge is 2.38. The third-order valence-electron chi connectivity index (χ3n) is 7.26. The van der Waals surface area contributed by atoms with Crippen molar-refractivity contribution >= 4 is 23.1 Å². The summed E-state index contributed by atoms with van der Waals surface area (Å²) in [5.74, 6) is 0.510. The van der Waals surface area contributed by atoms with Gasteiger partial charge in [0, 0.05) is 58.5 Å². The molecule has 11 heteroatoms. The van der Waals surface area contributed by atoms with Crippen molar-refractivity contribution in [1.82, 2.24) is 15.2 Å². The predicted molar refractivity (Wildman–Crippen MR) is 140 cm³/mol. The largest absolute Gasteiger partial charge is 0.486 e. The molecule has 4 aliphatic rings. The number of fused-ring (bicyclic) bond motifs is 2. The fourth-order valence-electron chi connectivity index (χ4n) is 5.04. The number of ether oxygens (including phenoxy) is 2. The number of aromatic nitrogens is 1. The first kappa shape index (κ1) is 26.3. The molecule has 3 saturated heterocycles. The second kappa shape index (κ2) is 11.2. The van der Waals surface area contributed by atoms with E-state index in [4.69, 9.17) is 9.47 Å². The van der Waals surface area contributed by atoms with Gasteiger partial charge in [0.05, 0.1) is 30.0 Å². The summed E-state index contributed by atoms with van der Waals surface area (Å²) in [4.78, 5) is 19.2. The van der Waals surface area contributed by atoms with Crippen molar-refractivity contribution in [3.05, 3.63) is 53.7 Å². The summed E-state index contributed by atoms with van der Waals surface area (Å²) in [6.07, 6.45) is 0.854. The first-order valence-corrected chi connectivity index (χ1v) is 12.9. The lowest BCUT2D eigenvalue weighted by Gasteiger charge is -2.30. The Morgan fingerprint density at radius 3 is 2.53 bits per heavy atom. The van der Waals surface area contributed by atoms with Crippen LogP contribution in [0.3, 0.4) is 0 Å². The number of benzene rings is 1. The van der Waals surface area contributed by atoms with Crippen molar-refractivity contribution in [2.45, 2.75) is 31.5 Å². The number of amides is 1. The minimum Gasteiger partial charge on any atom is -0.486 e. The first-order valence-electron chi connectivity index (χ1n) is 12.9. The van der Waals surface area contributed by atoms with Crippen LogP contribution < -0.4 is 20.3 Å². The zero-order valence-corrected chi connectivity index (χ0v) is 21.1. The van der Waals surface area contributed by atoms with Gasteiger partial charge in [0.1, 0.15) is 12.4 Å². The van der Waals surface area contributed by atoms with E-state index in [9.17, 15) is 18.0 Å². The maximum atomic E-state index is 13.8. The van der Waals surface area contributed by atoms with Crippen LogP contribution in [0, 0.1) is 0 Å². The fourth-order valence-corrected chi connectivity index (χ4v) is 5.04. The zero-order valence-electron chi connectivity index (χ0n) is 21.1. The lowest BCUT2D eigenvalue weighted by Crippen LogP contribution is -2.40. The van der Waals surface area contributed by atoms with Crippen LogP contribution in [0.15, 0.2) is 37.1 Å². The van der Waals surface area contributed by atoms with Gasteiger partial charge in [-0.25, -0.2) is 4.98 Å². The molecule has 0 unspecified atom stereocenters. The Labute approximate surface area is 221 Å². The molecule has 5 heterocycles. The Kier molecular flexibility index (Phi) is 7.75. The topological polar surface area (TPSA) is 79.0 Å². The zero-order chi connectivity index (χ0) is 26.7. The molecule has 0 radical (unpaired) electrons. The summed E-state index contributed by atoms with van der Waals surface area (Å²) in [7, 11) is 0. The number of hydrogen-bond donors (Lipinski definition) is 2. The van der Waals surface area contributed by atoms with Gasteiger partial charge >= 0.3 is 6.18 Å². The van der Waals surface area contributed by atoms with Crippen molar-refractivity contribution < 1.29 is 28.9 Å². The maximum Gasteiger partial charge on any atom is 0.420 e. The molecular formula is C27H34F3N5O3. The molecule has 206 valence electrons. The molecule has 0 aliphatic carbocycles. The number of nitrogens with zero attached hydrogens (tertiary/aromatic N) is 3. The number of nitrogens with one attached hydrogen (secondary N) is 2. The van der Waals surface area contributed by atoms with E-state index < -0.39 is 11.7 Å². The molecule has 6 rings (SSSR count). The number of hydrogen-bond acceptors (Lipinski definition) is 7. The summed E-state index contributed by atoms with van der Waals surface area (Å²) in [5.41, 5.74) is 1.89. The normalized spacial score (nSPS) is 19.0. The molecule has 1 aromatic heterocycles. The average molecular weight is 534 g/mol. The van der Waals surface area contributed by atoms with Crippen molar-refractivity contribution in [3.63, 3.8) is 0 Å². The van der Waals surface area contributed by atoms with Gasteiger partial charge in [0.15, 0.2) is 5.75 Å². The summed E-state index contributed by atoms with van der Waals surface area (Å²) in [6.45, 7) is 9.29. The van der Waals surface area contributed by atoms with E-state index in [1.165, 1.54) is 12.1 Å². The Morgan fingerprint density at radius 1 is 1.16 bits per heavy atom. The van der Waals surface area contributed by atoms with E-state index in [-0.39, 0.29) is 25.6 Å². The number of rotatable bonds is 3. The van der Waals surface area contributed by atoms with Gasteiger partial charge in [-0.1, -0.05) is 6.58 Å². The van der Waals surface area contributed by atoms with E-state index in [2.05, 4.69) is 27.1 Å². The monoisotopic (exact) mass is 533 g/mol. The van der Waals surface area contributed by atoms with Crippen LogP contribution in [0.2, 0.25) is 0 Å². The second-order valence-electron chi connectivity index (χ2n) is 9.70. The molecule has 38 heavy (non-hydrogen) atoms. The fraction of sp³-hybridized carbons (Fsp3) is 0.481. The molecule has 0 atom stereocenters. The third kappa shape index (κ3) is 5.58. The van der Waals surface area contributed by atoms with Crippen LogP contribution in [0.5, 0.6) is 5.75 Å². The average Bonchev–Trinajstić information content (AvgIpc) is 3.35. The van der Waals surface area contributed by atoms with Gasteiger partial charge in [-0.2, -0.15) is 13.2 Å². The molecule has 4 aliphatic heterocycles. The molecule has 2 N–H and O–H groups in total. The number of pyridine rings is 1. The molecule has 0 saturated carbocycles. The Hall–Kier alpha value is -3.31. The Balaban J connectivity index is 0.000000302. The molecular weight excluding hydrogens is 499 g/mol. The molecule has 2 aromatic rings. The summed E-state index contributed by atoms with van der Waals surface area (Å²) >= 11 is 0. The van der Waals surface area contributed by atoms with E-state index in [0.717, 1.165) is 50.3 Å². The van der Waals surface area contributed by atoms with Crippen molar-refractivity contribution in [2.75, 3.05) is 62.7 Å². The number of likely N-dealkylation sites (tertiary alicyclic amines) is 1. The van der Waals surface area contributed by atoms with Gasteiger partial charge in [-0.05, 0) is 42.7 Å². The molecule has 1 aromatic carbocycles. The number of carbonyl (C=O) groups excluding carboxylic acids is 1. The summed E-state index contributed by atoms with van der Waals surface area (Å²) in [6, 6.07) is 4.86. The van der Waals surface area contributed by atoms with Crippen LogP contribution in [0.1, 0.15) is 36.9 Å². The number of alkyl halides is 3. The highest BCUT2D eigenvalue weighted by atomic mass is 19.4. The van der Waals surface area contributed by atoms with Crippen LogP contribution in [-0.4, -0.2) is 68.3 Å². The van der Waals surface area contributed by atoms with Gasteiger partial charge in [0.2, 0.25) is 5.91 Å². The Bertz CT molecular complexity index is 1180. The number of halogens is 3. The molecule has 8 nitrogen and oxygen atoms in total. The highest BCUT2D eigenvalue weighted by Crippen LogP contribution is 2.46. The minimum absolute atomic E-state index is 0. The molecule has 3 fully saturated rings. The van der Waals surface area contributed by atoms with E-state index in [0.29, 0.717) is 43.4 Å². The van der Waals surface area contributed by atoms with Gasteiger partial charge in [-0.3, -0.25) is 4.79 Å². The van der Waals surface area contributed by atoms with Crippen LogP contribution in [0.25, 0.3) is 0 Å². The van der Waals surface area contributed by atoms with E-state index in [1.807, 2.05) is 11.0 Å². The quantitative estimate of drug-likeness (QED) is 0.570. The lowest BCUT2D eigenvalue weighted by atomic mass is 9.91. The van der Waals surface area contributed by atoms with Crippen LogP contribution in [0.4, 0.5) is 30.4 Å². The summed E-state index contributed by atoms with van der Waals surface area (Å²) < 4.78 is 52.6. The highest BCUT2D eigenvalue weighted by molar-refractivity contribution is 5.87. The number of anilines is 3. The summed E-state index contributed by atoms with van der Waals surface area (Å²) in [5, 5.41) is 6.23. The van der Waals surface area contributed by atoms with Gasteiger partial charge in [0.25, 0.3) is 0 Å². The van der Waals surface area contributed by atoms with E-state index in [1.54, 1.807) is 12.3 Å². The molecule has 0 bridgehead atoms. The van der Waals surface area contributed by atoms with Crippen LogP contribution in [-0.2, 0) is 22.3 Å². The van der Waals surface area contributed by atoms with Gasteiger partial charge in [-0.15, -0.1) is 0 Å². The standard InChI is InChI=1S/C20H21F3N4O2.C7H11NO.H2/c21-20(22,23)15-7-12(13-9-24-10-13)8-16-18(15)29-11-14-17(1-2-25-19(14)26-16)27-3-5-28-6-4-27;1-2-7(9)8-5-3-4-6-8;/h1-2,7-8,13,24H,3-6,9-11H2,(H,25,26);2H,1,3-6H2;1H. The smallest absolute Gasteiger partial charge is 0.420 e. The maximum absolute atomic E-state index is 13.8. The van der Waals surface area contributed by atoms with E-state index >= 15 is 0 Å². The van der Waals surface area contributed by atoms with Crippen LogP contribution >= 0.6 is 0 Å². The van der Waals surface area contributed by atoms with Crippen molar-refractivity contribution in [1.29, 1.82) is 0 Å². The molecule has 1 amide bonds. The number of morpholine rings is 1. The van der Waals surface area contributed by atoms with Crippen molar-refractivity contribution in [3.8, 4) is 5.75 Å². The lowest BCUT2D eigenvalue weighted by molar-refractivity contribution is -0.139. The molecule has 0 spiro atoms. The second-order valence-corrected chi connectivity index (χ2v) is 9.70. The first-order chi connectivity index (χ1) is 18.3. The van der Waals surface area contributed by atoms with Crippen molar-refractivity contribution in [2.24, 2.45) is 0 Å². The number of carbonyl (C=O) groups is 1.